The highest BCUT2D eigenvalue weighted by Gasteiger charge is 2.47. The van der Waals surface area contributed by atoms with Gasteiger partial charge < -0.3 is 4.84 Å². The van der Waals surface area contributed by atoms with Crippen LogP contribution in [0.4, 0.5) is 0 Å². The van der Waals surface area contributed by atoms with Gasteiger partial charge >= 0.3 is 0 Å². The minimum absolute atomic E-state index is 0.245. The van der Waals surface area contributed by atoms with Crippen molar-refractivity contribution in [2.24, 2.45) is 0 Å². The van der Waals surface area contributed by atoms with Crippen molar-refractivity contribution in [3.05, 3.63) is 41.5 Å². The van der Waals surface area contributed by atoms with Crippen molar-refractivity contribution in [2.75, 3.05) is 6.54 Å². The maximum atomic E-state index is 11.5. The number of carbonyl (C=O) groups is 1. The van der Waals surface area contributed by atoms with Gasteiger partial charge in [0.1, 0.15) is 0 Å². The average molecular weight is 243 g/mol. The predicted molar refractivity (Wildman–Crippen MR) is 69.5 cm³/mol. The molecule has 0 aromatic heterocycles. The lowest BCUT2D eigenvalue weighted by molar-refractivity contribution is -0.145. The molecule has 2 heterocycles. The van der Waals surface area contributed by atoms with Crippen LogP contribution in [0.1, 0.15) is 31.7 Å². The number of benzene rings is 1. The third-order valence-electron chi connectivity index (χ3n) is 4.01. The second-order valence-electron chi connectivity index (χ2n) is 5.15. The summed E-state index contributed by atoms with van der Waals surface area (Å²) in [6, 6.07) is 9.87. The van der Waals surface area contributed by atoms with Gasteiger partial charge in [0.25, 0.3) is 0 Å². The molecule has 1 aromatic rings. The second-order valence-corrected chi connectivity index (χ2v) is 5.15. The smallest absolute Gasteiger partial charge is 0.163 e. The van der Waals surface area contributed by atoms with Crippen molar-refractivity contribution < 1.29 is 9.63 Å². The van der Waals surface area contributed by atoms with Gasteiger partial charge in [-0.1, -0.05) is 30.3 Å². The van der Waals surface area contributed by atoms with E-state index in [1.165, 1.54) is 0 Å². The SMILES string of the molecule is CC12CCCCN1OC(c1ccccc1)=C2C=O. The van der Waals surface area contributed by atoms with Gasteiger partial charge in [0.2, 0.25) is 0 Å². The molecular weight excluding hydrogens is 226 g/mol. The highest BCUT2D eigenvalue weighted by Crippen LogP contribution is 2.44. The summed E-state index contributed by atoms with van der Waals surface area (Å²) in [4.78, 5) is 17.4. The van der Waals surface area contributed by atoms with Gasteiger partial charge in [0, 0.05) is 12.1 Å². The Hall–Kier alpha value is -1.61. The molecule has 0 saturated carbocycles. The summed E-state index contributed by atoms with van der Waals surface area (Å²) in [7, 11) is 0. The normalized spacial score (nSPS) is 27.8. The van der Waals surface area contributed by atoms with E-state index in [1.54, 1.807) is 0 Å². The molecule has 94 valence electrons. The first-order valence-electron chi connectivity index (χ1n) is 6.47. The Labute approximate surface area is 107 Å². The third kappa shape index (κ3) is 1.58. The van der Waals surface area contributed by atoms with E-state index in [4.69, 9.17) is 4.84 Å². The highest BCUT2D eigenvalue weighted by molar-refractivity contribution is 5.89. The van der Waals surface area contributed by atoms with E-state index in [9.17, 15) is 4.79 Å². The van der Waals surface area contributed by atoms with Crippen LogP contribution in [-0.4, -0.2) is 23.4 Å². The van der Waals surface area contributed by atoms with Gasteiger partial charge in [0.15, 0.2) is 12.0 Å². The molecule has 1 fully saturated rings. The first-order valence-corrected chi connectivity index (χ1v) is 6.47. The zero-order valence-corrected chi connectivity index (χ0v) is 10.6. The van der Waals surface area contributed by atoms with Crippen LogP contribution >= 0.6 is 0 Å². The maximum Gasteiger partial charge on any atom is 0.163 e. The van der Waals surface area contributed by atoms with E-state index in [1.807, 2.05) is 35.4 Å². The Balaban J connectivity index is 2.07. The van der Waals surface area contributed by atoms with E-state index in [0.717, 1.165) is 49.0 Å². The quantitative estimate of drug-likeness (QED) is 0.748. The first-order chi connectivity index (χ1) is 8.75. The summed E-state index contributed by atoms with van der Waals surface area (Å²) in [5.41, 5.74) is 1.52. The molecule has 3 rings (SSSR count). The fraction of sp³-hybridized carbons (Fsp3) is 0.400. The summed E-state index contributed by atoms with van der Waals surface area (Å²) >= 11 is 0. The Kier molecular flexibility index (Phi) is 2.71. The van der Waals surface area contributed by atoms with E-state index in [-0.39, 0.29) is 5.54 Å². The van der Waals surface area contributed by atoms with Gasteiger partial charge in [-0.15, -0.1) is 5.06 Å². The van der Waals surface area contributed by atoms with Crippen LogP contribution in [0, 0.1) is 0 Å². The van der Waals surface area contributed by atoms with Crippen LogP contribution in [0.2, 0.25) is 0 Å². The molecular formula is C15H17NO2. The Morgan fingerprint density at radius 3 is 2.78 bits per heavy atom. The minimum Gasteiger partial charge on any atom is -0.404 e. The minimum atomic E-state index is -0.245. The van der Waals surface area contributed by atoms with Crippen LogP contribution in [0.3, 0.4) is 0 Å². The average Bonchev–Trinajstić information content (AvgIpc) is 2.72. The van der Waals surface area contributed by atoms with Crippen LogP contribution in [0.25, 0.3) is 5.76 Å². The molecule has 0 aliphatic carbocycles. The van der Waals surface area contributed by atoms with Crippen molar-refractivity contribution >= 4 is 12.0 Å². The van der Waals surface area contributed by atoms with Gasteiger partial charge in [-0.05, 0) is 26.2 Å². The molecule has 0 bridgehead atoms. The van der Waals surface area contributed by atoms with Crippen molar-refractivity contribution in [3.8, 4) is 0 Å². The zero-order chi connectivity index (χ0) is 12.6. The van der Waals surface area contributed by atoms with E-state index in [0.29, 0.717) is 0 Å². The number of rotatable bonds is 2. The number of hydroxylamine groups is 2. The highest BCUT2D eigenvalue weighted by atomic mass is 16.7. The summed E-state index contributed by atoms with van der Waals surface area (Å²) in [5, 5.41) is 1.97. The van der Waals surface area contributed by atoms with Crippen LogP contribution in [0.15, 0.2) is 35.9 Å². The lowest BCUT2D eigenvalue weighted by Gasteiger charge is -2.37. The van der Waals surface area contributed by atoms with E-state index >= 15 is 0 Å². The molecule has 0 radical (unpaired) electrons. The molecule has 0 spiro atoms. The molecule has 2 aliphatic heterocycles. The maximum absolute atomic E-state index is 11.5. The van der Waals surface area contributed by atoms with Crippen molar-refractivity contribution in [3.63, 3.8) is 0 Å². The van der Waals surface area contributed by atoms with Crippen molar-refractivity contribution in [2.45, 2.75) is 31.7 Å². The van der Waals surface area contributed by atoms with Gasteiger partial charge in [-0.2, -0.15) is 0 Å². The largest absolute Gasteiger partial charge is 0.404 e. The molecule has 1 aromatic carbocycles. The fourth-order valence-electron chi connectivity index (χ4n) is 2.89. The molecule has 3 heteroatoms. The Bertz CT molecular complexity index is 494. The summed E-state index contributed by atoms with van der Waals surface area (Å²) in [6.07, 6.45) is 4.23. The zero-order valence-electron chi connectivity index (χ0n) is 10.6. The van der Waals surface area contributed by atoms with Crippen LogP contribution < -0.4 is 0 Å². The third-order valence-corrected chi connectivity index (χ3v) is 4.01. The number of hydrogen-bond donors (Lipinski definition) is 0. The number of piperidine rings is 1. The van der Waals surface area contributed by atoms with Gasteiger partial charge in [-0.25, -0.2) is 0 Å². The molecule has 1 unspecified atom stereocenters. The fourth-order valence-corrected chi connectivity index (χ4v) is 2.89. The monoisotopic (exact) mass is 243 g/mol. The predicted octanol–water partition coefficient (Wildman–Crippen LogP) is 2.79. The molecule has 2 aliphatic rings. The second kappa shape index (κ2) is 4.25. The first kappa shape index (κ1) is 11.5. The lowest BCUT2D eigenvalue weighted by atomic mass is 9.83. The van der Waals surface area contributed by atoms with Crippen LogP contribution in [0.5, 0.6) is 0 Å². The number of fused-ring (bicyclic) bond motifs is 1. The van der Waals surface area contributed by atoms with Crippen LogP contribution in [-0.2, 0) is 9.63 Å². The molecule has 0 N–H and O–H groups in total. The van der Waals surface area contributed by atoms with E-state index in [2.05, 4.69) is 6.92 Å². The topological polar surface area (TPSA) is 29.5 Å². The summed E-state index contributed by atoms with van der Waals surface area (Å²) in [5.74, 6) is 0.731. The number of hydrogen-bond acceptors (Lipinski definition) is 3. The van der Waals surface area contributed by atoms with Crippen molar-refractivity contribution in [1.82, 2.24) is 5.06 Å². The molecule has 1 saturated heterocycles. The Morgan fingerprint density at radius 1 is 1.28 bits per heavy atom. The number of nitrogens with zero attached hydrogens (tertiary/aromatic N) is 1. The summed E-state index contributed by atoms with van der Waals surface area (Å²) in [6.45, 7) is 3.00. The van der Waals surface area contributed by atoms with Gasteiger partial charge in [-0.3, -0.25) is 4.79 Å². The molecule has 0 amide bonds. The Morgan fingerprint density at radius 2 is 2.06 bits per heavy atom. The number of aldehydes is 1. The molecule has 18 heavy (non-hydrogen) atoms. The molecule has 3 nitrogen and oxygen atoms in total. The lowest BCUT2D eigenvalue weighted by Crippen LogP contribution is -2.46. The summed E-state index contributed by atoms with van der Waals surface area (Å²) < 4.78 is 0. The number of carbonyl (C=O) groups excluding carboxylic acids is 1. The standard InChI is InChI=1S/C15H17NO2/c1-15-9-5-6-10-16(15)18-14(13(15)11-17)12-7-3-2-4-8-12/h2-4,7-8,11H,5-6,9-10H2,1H3. The molecule has 1 atom stereocenters. The van der Waals surface area contributed by atoms with E-state index < -0.39 is 0 Å². The van der Waals surface area contributed by atoms with Gasteiger partial charge in [0.05, 0.1) is 11.1 Å². The van der Waals surface area contributed by atoms with Crippen molar-refractivity contribution in [1.29, 1.82) is 0 Å².